The highest BCUT2D eigenvalue weighted by molar-refractivity contribution is 9.11. The Hall–Kier alpha value is -2.18. The highest BCUT2D eigenvalue weighted by atomic mass is 79.9. The van der Waals surface area contributed by atoms with E-state index in [9.17, 15) is 8.42 Å². The lowest BCUT2D eigenvalue weighted by Crippen LogP contribution is -2.41. The van der Waals surface area contributed by atoms with Crippen LogP contribution in [0, 0.1) is 0 Å². The lowest BCUT2D eigenvalue weighted by atomic mass is 10.1. The van der Waals surface area contributed by atoms with Gasteiger partial charge in [-0.25, -0.2) is 13.4 Å². The minimum absolute atomic E-state index is 0.0913. The summed E-state index contributed by atoms with van der Waals surface area (Å²) in [4.78, 5) is 6.72. The third-order valence-electron chi connectivity index (χ3n) is 5.02. The summed E-state index contributed by atoms with van der Waals surface area (Å²) in [7, 11) is -3.00. The van der Waals surface area contributed by atoms with E-state index in [0.717, 1.165) is 26.5 Å². The van der Waals surface area contributed by atoms with Crippen LogP contribution in [0.4, 0.5) is 11.6 Å². The first kappa shape index (κ1) is 18.8. The zero-order valence-corrected chi connectivity index (χ0v) is 18.8. The molecule has 0 spiro atoms. The van der Waals surface area contributed by atoms with Crippen molar-refractivity contribution in [2.75, 3.05) is 35.2 Å². The Bertz CT molecular complexity index is 1370. The third kappa shape index (κ3) is 3.01. The fourth-order valence-electron chi connectivity index (χ4n) is 3.42. The second-order valence-electron chi connectivity index (χ2n) is 6.74. The van der Waals surface area contributed by atoms with E-state index in [-0.39, 0.29) is 11.5 Å². The number of hydrogen-bond acceptors (Lipinski definition) is 8. The van der Waals surface area contributed by atoms with Crippen molar-refractivity contribution in [3.8, 4) is 11.1 Å². The van der Waals surface area contributed by atoms with Gasteiger partial charge in [0.05, 0.1) is 23.1 Å². The molecule has 4 heterocycles. The molecule has 0 amide bonds. The molecular weight excluding hydrogens is 528 g/mol. The van der Waals surface area contributed by atoms with Gasteiger partial charge in [-0.1, -0.05) is 11.2 Å². The molecule has 5 rings (SSSR count). The van der Waals surface area contributed by atoms with Crippen molar-refractivity contribution in [1.82, 2.24) is 19.8 Å². The standard InChI is InChI=1S/C17H14Br2N6O3S/c18-13-9(1-2-12-11(13)8-28-23-12)10-7-21-25-15(20)14(19)17(22-16(10)25)24-3-5-29(26,27)6-4-24/h1-2,7-8H,3-6,20H2. The van der Waals surface area contributed by atoms with Crippen molar-refractivity contribution in [1.29, 1.82) is 0 Å². The van der Waals surface area contributed by atoms with E-state index in [0.29, 0.717) is 34.8 Å². The molecule has 0 unspecified atom stereocenters. The molecule has 0 radical (unpaired) electrons. The van der Waals surface area contributed by atoms with Crippen LogP contribution >= 0.6 is 31.9 Å². The van der Waals surface area contributed by atoms with Crippen molar-refractivity contribution in [3.63, 3.8) is 0 Å². The molecule has 29 heavy (non-hydrogen) atoms. The average molecular weight is 542 g/mol. The number of aromatic nitrogens is 4. The van der Waals surface area contributed by atoms with Gasteiger partial charge < -0.3 is 15.2 Å². The summed E-state index contributed by atoms with van der Waals surface area (Å²) in [5.74, 6) is 1.18. The first-order chi connectivity index (χ1) is 13.9. The average Bonchev–Trinajstić information content (AvgIpc) is 3.33. The second-order valence-corrected chi connectivity index (χ2v) is 10.6. The molecule has 12 heteroatoms. The van der Waals surface area contributed by atoms with Gasteiger partial charge >= 0.3 is 0 Å². The maximum Gasteiger partial charge on any atom is 0.167 e. The number of benzene rings is 1. The molecule has 150 valence electrons. The maximum absolute atomic E-state index is 11.8. The molecular formula is C17H14Br2N6O3S. The van der Waals surface area contributed by atoms with E-state index in [1.807, 2.05) is 17.0 Å². The number of anilines is 2. The predicted octanol–water partition coefficient (Wildman–Crippen LogP) is 2.88. The van der Waals surface area contributed by atoms with Crippen LogP contribution in [-0.4, -0.2) is 52.8 Å². The summed E-state index contributed by atoms with van der Waals surface area (Å²) in [6, 6.07) is 3.78. The quantitative estimate of drug-likeness (QED) is 0.411. The summed E-state index contributed by atoms with van der Waals surface area (Å²) < 4.78 is 31.6. The van der Waals surface area contributed by atoms with E-state index < -0.39 is 9.84 Å². The lowest BCUT2D eigenvalue weighted by Gasteiger charge is -2.28. The number of fused-ring (bicyclic) bond motifs is 2. The van der Waals surface area contributed by atoms with Gasteiger partial charge in [0.2, 0.25) is 0 Å². The molecule has 1 saturated heterocycles. The van der Waals surface area contributed by atoms with Crippen LogP contribution in [0.1, 0.15) is 0 Å². The van der Waals surface area contributed by atoms with Gasteiger partial charge in [-0.3, -0.25) is 0 Å². The third-order valence-corrected chi connectivity index (χ3v) is 8.24. The zero-order valence-electron chi connectivity index (χ0n) is 14.8. The first-order valence-corrected chi connectivity index (χ1v) is 12.1. The Labute approximate surface area is 182 Å². The first-order valence-electron chi connectivity index (χ1n) is 8.67. The number of hydrogen-bond donors (Lipinski definition) is 1. The fraction of sp³-hybridized carbons (Fsp3) is 0.235. The van der Waals surface area contributed by atoms with Gasteiger partial charge in [-0.2, -0.15) is 9.61 Å². The van der Waals surface area contributed by atoms with E-state index in [1.54, 1.807) is 17.0 Å². The predicted molar refractivity (Wildman–Crippen MR) is 117 cm³/mol. The van der Waals surface area contributed by atoms with Crippen LogP contribution in [0.25, 0.3) is 27.7 Å². The highest BCUT2D eigenvalue weighted by Gasteiger charge is 2.26. The number of nitrogens with two attached hydrogens (primary N) is 1. The van der Waals surface area contributed by atoms with E-state index in [4.69, 9.17) is 15.2 Å². The molecule has 0 saturated carbocycles. The highest BCUT2D eigenvalue weighted by Crippen LogP contribution is 2.38. The van der Waals surface area contributed by atoms with Crippen molar-refractivity contribution in [3.05, 3.63) is 33.5 Å². The van der Waals surface area contributed by atoms with Gasteiger partial charge in [0.25, 0.3) is 0 Å². The van der Waals surface area contributed by atoms with Gasteiger partial charge in [0.15, 0.2) is 15.5 Å². The largest absolute Gasteiger partial charge is 0.383 e. The van der Waals surface area contributed by atoms with E-state index in [2.05, 4.69) is 42.1 Å². The van der Waals surface area contributed by atoms with Crippen LogP contribution in [0.3, 0.4) is 0 Å². The SMILES string of the molecule is Nc1c(Br)c(N2CCS(=O)(=O)CC2)nc2c(-c3ccc4nocc4c3Br)cnn12. The molecule has 1 aliphatic rings. The molecule has 4 aromatic rings. The summed E-state index contributed by atoms with van der Waals surface area (Å²) in [6.45, 7) is 0.729. The molecule has 1 fully saturated rings. The van der Waals surface area contributed by atoms with Crippen LogP contribution in [0.2, 0.25) is 0 Å². The minimum Gasteiger partial charge on any atom is -0.383 e. The van der Waals surface area contributed by atoms with E-state index in [1.165, 1.54) is 0 Å². The Morgan fingerprint density at radius 1 is 1.10 bits per heavy atom. The normalized spacial score (nSPS) is 16.7. The molecule has 0 atom stereocenters. The Kier molecular flexibility index (Phi) is 4.33. The van der Waals surface area contributed by atoms with Crippen LogP contribution in [0.15, 0.2) is 38.1 Å². The topological polar surface area (TPSA) is 120 Å². The molecule has 1 aliphatic heterocycles. The van der Waals surface area contributed by atoms with Crippen LogP contribution in [0.5, 0.6) is 0 Å². The number of rotatable bonds is 2. The molecule has 0 aliphatic carbocycles. The summed E-state index contributed by atoms with van der Waals surface area (Å²) in [6.07, 6.45) is 3.28. The van der Waals surface area contributed by atoms with Gasteiger partial charge in [-0.15, -0.1) is 0 Å². The van der Waals surface area contributed by atoms with Crippen molar-refractivity contribution in [2.45, 2.75) is 0 Å². The van der Waals surface area contributed by atoms with Gasteiger partial charge in [0.1, 0.15) is 27.9 Å². The van der Waals surface area contributed by atoms with Crippen molar-refractivity contribution in [2.24, 2.45) is 0 Å². The Balaban J connectivity index is 1.68. The van der Waals surface area contributed by atoms with Gasteiger partial charge in [0, 0.05) is 28.7 Å². The van der Waals surface area contributed by atoms with Crippen molar-refractivity contribution < 1.29 is 12.9 Å². The van der Waals surface area contributed by atoms with Crippen LogP contribution < -0.4 is 10.6 Å². The summed E-state index contributed by atoms with van der Waals surface area (Å²) >= 11 is 7.13. The fourth-order valence-corrected chi connectivity index (χ4v) is 5.78. The molecule has 1 aromatic carbocycles. The Morgan fingerprint density at radius 2 is 1.86 bits per heavy atom. The number of halogens is 2. The van der Waals surface area contributed by atoms with Crippen LogP contribution in [-0.2, 0) is 9.84 Å². The Morgan fingerprint density at radius 3 is 2.62 bits per heavy atom. The monoisotopic (exact) mass is 540 g/mol. The molecule has 2 N–H and O–H groups in total. The van der Waals surface area contributed by atoms with Crippen molar-refractivity contribution >= 4 is 69.9 Å². The van der Waals surface area contributed by atoms with Gasteiger partial charge in [-0.05, 0) is 37.9 Å². The molecule has 9 nitrogen and oxygen atoms in total. The molecule has 0 bridgehead atoms. The smallest absolute Gasteiger partial charge is 0.167 e. The second kappa shape index (κ2) is 6.67. The number of nitrogen functional groups attached to an aromatic ring is 1. The minimum atomic E-state index is -3.00. The summed E-state index contributed by atoms with van der Waals surface area (Å²) in [5, 5.41) is 9.19. The number of sulfone groups is 1. The summed E-state index contributed by atoms with van der Waals surface area (Å²) in [5.41, 5.74) is 9.28. The lowest BCUT2D eigenvalue weighted by molar-refractivity contribution is 0.428. The number of nitrogens with zero attached hydrogens (tertiary/aromatic N) is 5. The zero-order chi connectivity index (χ0) is 20.3. The maximum atomic E-state index is 11.8. The van der Waals surface area contributed by atoms with E-state index >= 15 is 0 Å². The molecule has 3 aromatic heterocycles.